The minimum atomic E-state index is 0.00824. The van der Waals surface area contributed by atoms with Gasteiger partial charge in [0, 0.05) is 27.8 Å². The van der Waals surface area contributed by atoms with Crippen LogP contribution in [-0.4, -0.2) is 22.9 Å². The summed E-state index contributed by atoms with van der Waals surface area (Å²) in [6, 6.07) is 19.0. The normalized spacial score (nSPS) is 12.0. The average Bonchev–Trinajstić information content (AvgIpc) is 2.73. The molecule has 1 aliphatic rings. The molecule has 4 aromatic rings. The summed E-state index contributed by atoms with van der Waals surface area (Å²) in [7, 11) is 1.64. The van der Waals surface area contributed by atoms with Crippen LogP contribution < -0.4 is 10.1 Å². The van der Waals surface area contributed by atoms with Crippen LogP contribution in [0.5, 0.6) is 5.75 Å². The lowest BCUT2D eigenvalue weighted by Gasteiger charge is -2.20. The number of methoxy groups -OCH3 is 1. The van der Waals surface area contributed by atoms with E-state index >= 15 is 0 Å². The van der Waals surface area contributed by atoms with Gasteiger partial charge in [-0.15, -0.1) is 0 Å². The number of rotatable bonds is 3. The Bertz CT molecular complexity index is 1200. The van der Waals surface area contributed by atoms with Gasteiger partial charge in [-0.2, -0.15) is 0 Å². The van der Waals surface area contributed by atoms with Crippen molar-refractivity contribution in [2.45, 2.75) is 0 Å². The second kappa shape index (κ2) is 5.92. The van der Waals surface area contributed by atoms with E-state index in [2.05, 4.69) is 15.3 Å². The zero-order chi connectivity index (χ0) is 18.4. The fourth-order valence-electron chi connectivity index (χ4n) is 3.53. The maximum Gasteiger partial charge on any atom is 0.194 e. The highest BCUT2D eigenvalue weighted by Crippen LogP contribution is 2.39. The second-order valence-electron chi connectivity index (χ2n) is 6.33. The molecule has 5 heteroatoms. The molecule has 1 N–H and O–H groups in total. The van der Waals surface area contributed by atoms with Gasteiger partial charge in [0.1, 0.15) is 12.1 Å². The molecule has 0 unspecified atom stereocenters. The molecule has 0 bridgehead atoms. The molecule has 0 spiro atoms. The Morgan fingerprint density at radius 1 is 0.852 bits per heavy atom. The Kier molecular flexibility index (Phi) is 3.40. The molecule has 1 aliphatic carbocycles. The van der Waals surface area contributed by atoms with Crippen molar-refractivity contribution in [3.8, 4) is 17.0 Å². The maximum absolute atomic E-state index is 12.9. The topological polar surface area (TPSA) is 64.1 Å². The summed E-state index contributed by atoms with van der Waals surface area (Å²) in [6.07, 6.45) is 1.55. The molecule has 27 heavy (non-hydrogen) atoms. The number of nitrogens with one attached hydrogen (secondary N) is 1. The minimum Gasteiger partial charge on any atom is -0.497 e. The second-order valence-corrected chi connectivity index (χ2v) is 6.33. The fraction of sp³-hybridized carbons (Fsp3) is 0.0455. The minimum absolute atomic E-state index is 0.00824. The summed E-state index contributed by atoms with van der Waals surface area (Å²) < 4.78 is 5.20. The van der Waals surface area contributed by atoms with Crippen molar-refractivity contribution in [3.05, 3.63) is 78.1 Å². The van der Waals surface area contributed by atoms with E-state index in [-0.39, 0.29) is 5.78 Å². The molecule has 0 amide bonds. The van der Waals surface area contributed by atoms with Gasteiger partial charge >= 0.3 is 0 Å². The first-order valence-electron chi connectivity index (χ1n) is 8.59. The SMILES string of the molecule is COc1ccc(Nc2ccc3c4c(ncnc24)-c2ccccc2C3=O)cc1. The molecule has 1 heterocycles. The molecule has 130 valence electrons. The molecule has 0 saturated carbocycles. The first-order valence-corrected chi connectivity index (χ1v) is 8.59. The lowest BCUT2D eigenvalue weighted by molar-refractivity contribution is 0.104. The number of carbonyl (C=O) groups excluding carboxylic acids is 1. The van der Waals surface area contributed by atoms with Gasteiger partial charge in [-0.25, -0.2) is 9.97 Å². The summed E-state index contributed by atoms with van der Waals surface area (Å²) in [5, 5.41) is 4.17. The van der Waals surface area contributed by atoms with Crippen LogP contribution in [0.2, 0.25) is 0 Å². The van der Waals surface area contributed by atoms with Crippen LogP contribution in [0.15, 0.2) is 67.0 Å². The smallest absolute Gasteiger partial charge is 0.194 e. The van der Waals surface area contributed by atoms with Crippen LogP contribution in [0, 0.1) is 0 Å². The van der Waals surface area contributed by atoms with E-state index in [0.717, 1.165) is 39.3 Å². The molecule has 3 aromatic carbocycles. The molecule has 5 rings (SSSR count). The van der Waals surface area contributed by atoms with E-state index in [1.54, 1.807) is 13.4 Å². The van der Waals surface area contributed by atoms with Crippen molar-refractivity contribution in [3.63, 3.8) is 0 Å². The summed E-state index contributed by atoms with van der Waals surface area (Å²) in [6.45, 7) is 0. The summed E-state index contributed by atoms with van der Waals surface area (Å²) in [5.41, 5.74) is 5.44. The molecule has 5 nitrogen and oxygen atoms in total. The van der Waals surface area contributed by atoms with Crippen LogP contribution in [0.1, 0.15) is 15.9 Å². The molecular formula is C22H15N3O2. The number of benzene rings is 3. The van der Waals surface area contributed by atoms with Crippen LogP contribution in [0.4, 0.5) is 11.4 Å². The molecule has 0 saturated heterocycles. The molecular weight excluding hydrogens is 338 g/mol. The predicted octanol–water partition coefficient (Wildman–Crippen LogP) is 4.59. The van der Waals surface area contributed by atoms with Gasteiger partial charge in [0.2, 0.25) is 0 Å². The van der Waals surface area contributed by atoms with E-state index in [1.165, 1.54) is 0 Å². The van der Waals surface area contributed by atoms with Crippen molar-refractivity contribution in [1.29, 1.82) is 0 Å². The van der Waals surface area contributed by atoms with Crippen molar-refractivity contribution in [1.82, 2.24) is 9.97 Å². The Balaban J connectivity index is 1.69. The Hall–Kier alpha value is -3.73. The van der Waals surface area contributed by atoms with Crippen molar-refractivity contribution in [2.24, 2.45) is 0 Å². The molecule has 0 fully saturated rings. The summed E-state index contributed by atoms with van der Waals surface area (Å²) in [5.74, 6) is 0.802. The highest BCUT2D eigenvalue weighted by molar-refractivity contribution is 6.26. The first-order chi connectivity index (χ1) is 13.3. The highest BCUT2D eigenvalue weighted by atomic mass is 16.5. The van der Waals surface area contributed by atoms with Gasteiger partial charge < -0.3 is 10.1 Å². The number of fused-ring (bicyclic) bond motifs is 2. The number of hydrogen-bond donors (Lipinski definition) is 1. The van der Waals surface area contributed by atoms with Crippen molar-refractivity contribution < 1.29 is 9.53 Å². The number of anilines is 2. The summed E-state index contributed by atoms with van der Waals surface area (Å²) >= 11 is 0. The van der Waals surface area contributed by atoms with Gasteiger partial charge in [-0.1, -0.05) is 24.3 Å². The van der Waals surface area contributed by atoms with Crippen LogP contribution >= 0.6 is 0 Å². The van der Waals surface area contributed by atoms with Crippen molar-refractivity contribution >= 4 is 28.1 Å². The number of hydrogen-bond acceptors (Lipinski definition) is 5. The molecule has 1 aromatic heterocycles. The Labute approximate surface area is 155 Å². The fourth-order valence-corrected chi connectivity index (χ4v) is 3.53. The van der Waals surface area contributed by atoms with E-state index in [1.807, 2.05) is 60.7 Å². The standard InChI is InChI=1S/C22H15N3O2/c1-27-14-8-6-13(7-9-14)25-18-11-10-17-19-20(23-12-24-21(18)19)15-4-2-3-5-16(15)22(17)26/h2-12,25H,1H3. The quantitative estimate of drug-likeness (QED) is 0.514. The van der Waals surface area contributed by atoms with Gasteiger partial charge in [-0.3, -0.25) is 4.79 Å². The van der Waals surface area contributed by atoms with Gasteiger partial charge in [0.05, 0.1) is 24.0 Å². The van der Waals surface area contributed by atoms with Crippen LogP contribution in [0.3, 0.4) is 0 Å². The van der Waals surface area contributed by atoms with Crippen molar-refractivity contribution in [2.75, 3.05) is 12.4 Å². The van der Waals surface area contributed by atoms with Gasteiger partial charge in [-0.05, 0) is 36.4 Å². The molecule has 0 radical (unpaired) electrons. The van der Waals surface area contributed by atoms with E-state index in [9.17, 15) is 4.79 Å². The van der Waals surface area contributed by atoms with Crippen LogP contribution in [0.25, 0.3) is 22.2 Å². The lowest BCUT2D eigenvalue weighted by atomic mass is 9.86. The predicted molar refractivity (Wildman–Crippen MR) is 105 cm³/mol. The Morgan fingerprint density at radius 3 is 2.41 bits per heavy atom. The third kappa shape index (κ3) is 2.36. The van der Waals surface area contributed by atoms with Gasteiger partial charge in [0.25, 0.3) is 0 Å². The Morgan fingerprint density at radius 2 is 1.63 bits per heavy atom. The summed E-state index contributed by atoms with van der Waals surface area (Å²) in [4.78, 5) is 21.9. The monoisotopic (exact) mass is 353 g/mol. The zero-order valence-electron chi connectivity index (χ0n) is 14.6. The number of carbonyl (C=O) groups is 1. The zero-order valence-corrected chi connectivity index (χ0v) is 14.6. The third-order valence-electron chi connectivity index (χ3n) is 4.83. The number of nitrogens with zero attached hydrogens (tertiary/aromatic N) is 2. The average molecular weight is 353 g/mol. The molecule has 0 atom stereocenters. The molecule has 0 aliphatic heterocycles. The number of ether oxygens (including phenoxy) is 1. The lowest BCUT2D eigenvalue weighted by Crippen LogP contribution is -2.12. The maximum atomic E-state index is 12.9. The number of ketones is 1. The van der Waals surface area contributed by atoms with Gasteiger partial charge in [0.15, 0.2) is 5.78 Å². The van der Waals surface area contributed by atoms with E-state index in [0.29, 0.717) is 11.1 Å². The highest BCUT2D eigenvalue weighted by Gasteiger charge is 2.27. The van der Waals surface area contributed by atoms with E-state index < -0.39 is 0 Å². The number of aromatic nitrogens is 2. The van der Waals surface area contributed by atoms with E-state index in [4.69, 9.17) is 4.74 Å². The third-order valence-corrected chi connectivity index (χ3v) is 4.83. The first kappa shape index (κ1) is 15.5. The largest absolute Gasteiger partial charge is 0.497 e. The van der Waals surface area contributed by atoms with Crippen LogP contribution in [-0.2, 0) is 0 Å².